The van der Waals surface area contributed by atoms with E-state index in [2.05, 4.69) is 191 Å². The average molecular weight is 1100 g/mol. The number of hydrogen-bond acceptors (Lipinski definition) is 6. The van der Waals surface area contributed by atoms with E-state index in [-0.39, 0.29) is 38.0 Å². The molecule has 0 heterocycles. The third kappa shape index (κ3) is 63.3. The molecule has 6 nitrogen and oxygen atoms in total. The lowest BCUT2D eigenvalue weighted by Gasteiger charge is -2.18. The van der Waals surface area contributed by atoms with E-state index in [4.69, 9.17) is 14.2 Å². The summed E-state index contributed by atoms with van der Waals surface area (Å²) in [4.78, 5) is 38.2. The van der Waals surface area contributed by atoms with E-state index in [0.29, 0.717) is 19.3 Å². The summed E-state index contributed by atoms with van der Waals surface area (Å²) in [5.41, 5.74) is 0. The van der Waals surface area contributed by atoms with Crippen molar-refractivity contribution in [3.05, 3.63) is 182 Å². The smallest absolute Gasteiger partial charge is 0.310 e. The maximum atomic E-state index is 12.8. The van der Waals surface area contributed by atoms with Crippen molar-refractivity contribution < 1.29 is 28.6 Å². The summed E-state index contributed by atoms with van der Waals surface area (Å²) >= 11 is 0. The van der Waals surface area contributed by atoms with Crippen molar-refractivity contribution in [1.29, 1.82) is 0 Å². The van der Waals surface area contributed by atoms with Crippen LogP contribution in [0.2, 0.25) is 0 Å². The molecule has 446 valence electrons. The van der Waals surface area contributed by atoms with Crippen LogP contribution in [-0.4, -0.2) is 37.2 Å². The fraction of sp³-hybridized carbons (Fsp3) is 0.554. The topological polar surface area (TPSA) is 78.9 Å². The van der Waals surface area contributed by atoms with E-state index >= 15 is 0 Å². The van der Waals surface area contributed by atoms with Crippen LogP contribution < -0.4 is 0 Å². The molecular weight excluding hydrogens is 985 g/mol. The van der Waals surface area contributed by atoms with Gasteiger partial charge in [0.15, 0.2) is 6.10 Å². The second-order valence-electron chi connectivity index (χ2n) is 20.2. The Morgan fingerprint density at radius 3 is 0.825 bits per heavy atom. The highest BCUT2D eigenvalue weighted by Gasteiger charge is 2.19. The normalized spacial score (nSPS) is 13.4. The molecule has 0 bridgehead atoms. The molecule has 0 aromatic heterocycles. The van der Waals surface area contributed by atoms with Crippen molar-refractivity contribution in [3.8, 4) is 0 Å². The molecule has 0 saturated heterocycles. The molecule has 6 heteroatoms. The molecule has 0 aromatic carbocycles. The Kier molecular flexibility index (Phi) is 61.5. The maximum absolute atomic E-state index is 12.8. The summed E-state index contributed by atoms with van der Waals surface area (Å²) in [6, 6.07) is 0. The highest BCUT2D eigenvalue weighted by molar-refractivity contribution is 5.72. The SMILES string of the molecule is CC/C=C\C/C=C\C/C=C\C/C=C\C/C=C\C/C=C\C/C=C\C/C=C\C/C=C\C/C=C\CCCCC(=O)OCC(COC(=O)CCCCCCCCCCCCCCCC)OC(=O)C/C=C\C/C=C\C/C=C\C/C=C\C/C=C\CC. The molecule has 0 saturated carbocycles. The number of hydrogen-bond donors (Lipinski definition) is 0. The minimum absolute atomic E-state index is 0.0798. The zero-order chi connectivity index (χ0) is 57.8. The number of carbonyl (C=O) groups excluding carboxylic acids is 3. The van der Waals surface area contributed by atoms with Crippen molar-refractivity contribution in [1.82, 2.24) is 0 Å². The van der Waals surface area contributed by atoms with Crippen LogP contribution in [0, 0.1) is 0 Å². The number of esters is 3. The zero-order valence-electron chi connectivity index (χ0n) is 51.0. The Balaban J connectivity index is 4.46. The molecule has 0 aromatic rings. The predicted octanol–water partition coefficient (Wildman–Crippen LogP) is 22.0. The molecule has 0 fully saturated rings. The molecule has 1 atom stereocenters. The van der Waals surface area contributed by atoms with Gasteiger partial charge in [0.2, 0.25) is 0 Å². The number of allylic oxidation sites excluding steroid dienone is 29. The van der Waals surface area contributed by atoms with E-state index < -0.39 is 12.1 Å². The Morgan fingerprint density at radius 1 is 0.275 bits per heavy atom. The fourth-order valence-electron chi connectivity index (χ4n) is 8.02. The highest BCUT2D eigenvalue weighted by atomic mass is 16.6. The molecule has 0 N–H and O–H groups in total. The van der Waals surface area contributed by atoms with E-state index in [1.807, 2.05) is 6.08 Å². The quantitative estimate of drug-likeness (QED) is 0.0261. The van der Waals surface area contributed by atoms with Crippen molar-refractivity contribution in [2.75, 3.05) is 13.2 Å². The fourth-order valence-corrected chi connectivity index (χ4v) is 8.02. The van der Waals surface area contributed by atoms with Gasteiger partial charge in [-0.15, -0.1) is 0 Å². The van der Waals surface area contributed by atoms with Gasteiger partial charge in [-0.25, -0.2) is 0 Å². The number of carbonyl (C=O) groups is 3. The first-order chi connectivity index (χ1) is 39.5. The Bertz CT molecular complexity index is 1890. The lowest BCUT2D eigenvalue weighted by molar-refractivity contribution is -0.166. The number of unbranched alkanes of at least 4 members (excludes halogenated alkanes) is 15. The van der Waals surface area contributed by atoms with E-state index in [0.717, 1.165) is 122 Å². The summed E-state index contributed by atoms with van der Waals surface area (Å²) in [5.74, 6) is -1.12. The molecule has 1 unspecified atom stereocenters. The van der Waals surface area contributed by atoms with Gasteiger partial charge in [0.05, 0.1) is 6.42 Å². The molecule has 0 amide bonds. The number of rotatable bonds is 55. The molecule has 80 heavy (non-hydrogen) atoms. The van der Waals surface area contributed by atoms with Crippen molar-refractivity contribution >= 4 is 17.9 Å². The van der Waals surface area contributed by atoms with Crippen molar-refractivity contribution in [3.63, 3.8) is 0 Å². The van der Waals surface area contributed by atoms with E-state index in [9.17, 15) is 14.4 Å². The average Bonchev–Trinajstić information content (AvgIpc) is 3.46. The monoisotopic (exact) mass is 1100 g/mol. The van der Waals surface area contributed by atoms with Gasteiger partial charge in [0, 0.05) is 12.8 Å². The molecule has 0 rings (SSSR count). The molecule has 0 aliphatic heterocycles. The number of ether oxygens (including phenoxy) is 3. The van der Waals surface area contributed by atoms with Gasteiger partial charge in [-0.1, -0.05) is 287 Å². The van der Waals surface area contributed by atoms with Crippen LogP contribution in [0.1, 0.15) is 245 Å². The van der Waals surface area contributed by atoms with Crippen molar-refractivity contribution in [2.45, 2.75) is 252 Å². The van der Waals surface area contributed by atoms with Gasteiger partial charge in [-0.3, -0.25) is 14.4 Å². The van der Waals surface area contributed by atoms with Crippen LogP contribution in [0.4, 0.5) is 0 Å². The van der Waals surface area contributed by atoms with Crippen LogP contribution in [0.15, 0.2) is 182 Å². The van der Waals surface area contributed by atoms with Crippen LogP contribution in [0.5, 0.6) is 0 Å². The van der Waals surface area contributed by atoms with Gasteiger partial charge in [-0.05, 0) is 122 Å². The second-order valence-corrected chi connectivity index (χ2v) is 20.2. The van der Waals surface area contributed by atoms with Gasteiger partial charge in [0.25, 0.3) is 0 Å². The molecule has 0 radical (unpaired) electrons. The first kappa shape index (κ1) is 74.5. The zero-order valence-corrected chi connectivity index (χ0v) is 51.0. The standard InChI is InChI=1S/C74H114O6/c1-4-7-10-13-16-19-22-25-28-29-30-31-32-33-34-35-36-37-38-39-40-41-42-43-44-45-47-49-52-55-58-61-64-67-73(76)79-70-71(69-78-72(75)66-63-60-57-54-51-48-27-24-21-18-15-12-9-6-3)80-74(77)68-65-62-59-56-53-50-46-26-23-20-17-14-11-8-5-2/h7-8,10-11,16-17,19-20,25-26,28,30-31,33-34,36-37,39-40,42-43,45-47,52-53,55-56,62,65,71H,4-6,9,12-15,18,21-24,27,29,32,35,38,41,44,48-51,54,57-61,63-64,66-70H2,1-3H3/b10-7-,11-8-,19-16-,20-17-,28-25-,31-30-,34-33-,37-36-,40-39-,43-42-,46-26-,47-45-,55-52-,56-53-,65-62-. The van der Waals surface area contributed by atoms with Crippen LogP contribution >= 0.6 is 0 Å². The second kappa shape index (κ2) is 66.0. The minimum atomic E-state index is -0.859. The molecular formula is C74H114O6. The lowest BCUT2D eigenvalue weighted by atomic mass is 10.0. The highest BCUT2D eigenvalue weighted by Crippen LogP contribution is 2.14. The Hall–Kier alpha value is -5.49. The summed E-state index contributed by atoms with van der Waals surface area (Å²) in [7, 11) is 0. The minimum Gasteiger partial charge on any atom is -0.462 e. The Labute approximate surface area is 491 Å². The first-order valence-electron chi connectivity index (χ1n) is 31.8. The third-order valence-electron chi connectivity index (χ3n) is 12.7. The molecule has 0 spiro atoms. The van der Waals surface area contributed by atoms with Gasteiger partial charge >= 0.3 is 17.9 Å². The van der Waals surface area contributed by atoms with E-state index in [1.165, 1.54) is 70.6 Å². The third-order valence-corrected chi connectivity index (χ3v) is 12.7. The van der Waals surface area contributed by atoms with Crippen molar-refractivity contribution in [2.24, 2.45) is 0 Å². The first-order valence-corrected chi connectivity index (χ1v) is 31.8. The lowest BCUT2D eigenvalue weighted by Crippen LogP contribution is -2.30. The predicted molar refractivity (Wildman–Crippen MR) is 348 cm³/mol. The molecule has 0 aliphatic carbocycles. The van der Waals surface area contributed by atoms with Gasteiger partial charge < -0.3 is 14.2 Å². The summed E-state index contributed by atoms with van der Waals surface area (Å²) in [6.07, 6.45) is 99.3. The summed E-state index contributed by atoms with van der Waals surface area (Å²) < 4.78 is 16.7. The maximum Gasteiger partial charge on any atom is 0.310 e. The van der Waals surface area contributed by atoms with Crippen LogP contribution in [0.3, 0.4) is 0 Å². The van der Waals surface area contributed by atoms with E-state index in [1.54, 1.807) is 6.08 Å². The van der Waals surface area contributed by atoms with Crippen LogP contribution in [0.25, 0.3) is 0 Å². The Morgan fingerprint density at radius 2 is 0.525 bits per heavy atom. The summed E-state index contributed by atoms with van der Waals surface area (Å²) in [6.45, 7) is 6.28. The van der Waals surface area contributed by atoms with Gasteiger partial charge in [0.1, 0.15) is 13.2 Å². The summed E-state index contributed by atoms with van der Waals surface area (Å²) in [5, 5.41) is 0. The largest absolute Gasteiger partial charge is 0.462 e. The molecule has 0 aliphatic rings. The van der Waals surface area contributed by atoms with Crippen LogP contribution in [-0.2, 0) is 28.6 Å². The van der Waals surface area contributed by atoms with Gasteiger partial charge in [-0.2, -0.15) is 0 Å².